The smallest absolute Gasteiger partial charge is 0.310 e. The van der Waals surface area contributed by atoms with E-state index in [0.29, 0.717) is 6.42 Å². The van der Waals surface area contributed by atoms with Crippen molar-refractivity contribution in [2.75, 3.05) is 0 Å². The fraction of sp³-hybridized carbons (Fsp3) is 0.455. The lowest BCUT2D eigenvalue weighted by molar-refractivity contribution is -0.154. The number of thiazole rings is 1. The summed E-state index contributed by atoms with van der Waals surface area (Å²) >= 11 is 1.57. The van der Waals surface area contributed by atoms with Gasteiger partial charge in [-0.3, -0.25) is 9.20 Å². The van der Waals surface area contributed by atoms with Crippen LogP contribution in [0.1, 0.15) is 25.0 Å². The minimum Gasteiger partial charge on any atom is -0.481 e. The molecule has 84 valence electrons. The number of aromatic nitrogens is 2. The van der Waals surface area contributed by atoms with Crippen molar-refractivity contribution < 1.29 is 9.90 Å². The molecule has 2 aromatic rings. The van der Waals surface area contributed by atoms with Gasteiger partial charge >= 0.3 is 5.97 Å². The summed E-state index contributed by atoms with van der Waals surface area (Å²) in [6.07, 6.45) is 7.05. The third-order valence-corrected chi connectivity index (χ3v) is 4.20. The molecule has 0 spiro atoms. The maximum atomic E-state index is 11.2. The first kappa shape index (κ1) is 9.84. The molecular formula is C11H12N2O2S. The van der Waals surface area contributed by atoms with Crippen molar-refractivity contribution in [2.45, 2.75) is 25.7 Å². The van der Waals surface area contributed by atoms with Gasteiger partial charge in [0.1, 0.15) is 0 Å². The van der Waals surface area contributed by atoms with E-state index >= 15 is 0 Å². The maximum absolute atomic E-state index is 11.2. The zero-order valence-electron chi connectivity index (χ0n) is 8.72. The lowest BCUT2D eigenvalue weighted by atomic mass is 9.66. The Kier molecular flexibility index (Phi) is 2.04. The first-order valence-electron chi connectivity index (χ1n) is 5.34. The molecule has 0 bridgehead atoms. The first-order valence-corrected chi connectivity index (χ1v) is 6.22. The summed E-state index contributed by atoms with van der Waals surface area (Å²) in [4.78, 5) is 16.6. The molecule has 2 aromatic heterocycles. The Morgan fingerprint density at radius 3 is 3.00 bits per heavy atom. The molecule has 3 rings (SSSR count). The van der Waals surface area contributed by atoms with Crippen LogP contribution in [0.3, 0.4) is 0 Å². The van der Waals surface area contributed by atoms with Gasteiger partial charge in [0, 0.05) is 24.2 Å². The molecule has 1 aliphatic rings. The number of carboxylic acid groups (broad SMARTS) is 1. The van der Waals surface area contributed by atoms with E-state index < -0.39 is 11.4 Å². The van der Waals surface area contributed by atoms with E-state index in [9.17, 15) is 9.90 Å². The summed E-state index contributed by atoms with van der Waals surface area (Å²) in [6, 6.07) is 0. The highest BCUT2D eigenvalue weighted by Crippen LogP contribution is 2.43. The Hall–Kier alpha value is -1.36. The third-order valence-electron chi connectivity index (χ3n) is 3.43. The number of fused-ring (bicyclic) bond motifs is 1. The summed E-state index contributed by atoms with van der Waals surface area (Å²) in [5, 5.41) is 11.2. The van der Waals surface area contributed by atoms with Gasteiger partial charge in [0.15, 0.2) is 4.96 Å². The SMILES string of the molecule is O=C(O)C1(Cc2cn3ccsc3n2)CCC1. The highest BCUT2D eigenvalue weighted by molar-refractivity contribution is 7.15. The van der Waals surface area contributed by atoms with Crippen molar-refractivity contribution in [1.82, 2.24) is 9.38 Å². The topological polar surface area (TPSA) is 54.6 Å². The van der Waals surface area contributed by atoms with E-state index in [4.69, 9.17) is 0 Å². The summed E-state index contributed by atoms with van der Waals surface area (Å²) in [5.41, 5.74) is 0.360. The normalized spacial score (nSPS) is 18.5. The third kappa shape index (κ3) is 1.35. The highest BCUT2D eigenvalue weighted by atomic mass is 32.1. The second kappa shape index (κ2) is 3.31. The van der Waals surface area contributed by atoms with Crippen molar-refractivity contribution >= 4 is 22.3 Å². The van der Waals surface area contributed by atoms with Gasteiger partial charge in [0.05, 0.1) is 11.1 Å². The lowest BCUT2D eigenvalue weighted by Gasteiger charge is -2.37. The van der Waals surface area contributed by atoms with E-state index in [1.807, 2.05) is 22.2 Å². The van der Waals surface area contributed by atoms with Crippen molar-refractivity contribution in [2.24, 2.45) is 5.41 Å². The van der Waals surface area contributed by atoms with Crippen molar-refractivity contribution in [1.29, 1.82) is 0 Å². The molecule has 1 aliphatic carbocycles. The van der Waals surface area contributed by atoms with Gasteiger partial charge in [-0.25, -0.2) is 4.98 Å². The molecule has 0 aromatic carbocycles. The number of nitrogens with zero attached hydrogens (tertiary/aromatic N) is 2. The molecule has 1 N–H and O–H groups in total. The fourth-order valence-corrected chi connectivity index (χ4v) is 3.00. The van der Waals surface area contributed by atoms with Crippen LogP contribution >= 0.6 is 11.3 Å². The molecule has 0 atom stereocenters. The van der Waals surface area contributed by atoms with Gasteiger partial charge in [0.25, 0.3) is 0 Å². The Labute approximate surface area is 96.5 Å². The second-order valence-corrected chi connectivity index (χ2v) is 5.31. The zero-order chi connectivity index (χ0) is 11.2. The predicted octanol–water partition coefficient (Wildman–Crippen LogP) is 2.19. The molecule has 1 saturated carbocycles. The van der Waals surface area contributed by atoms with E-state index in [-0.39, 0.29) is 0 Å². The Morgan fingerprint density at radius 1 is 1.62 bits per heavy atom. The van der Waals surface area contributed by atoms with E-state index in [0.717, 1.165) is 29.9 Å². The maximum Gasteiger partial charge on any atom is 0.310 e. The van der Waals surface area contributed by atoms with Gasteiger partial charge in [0.2, 0.25) is 0 Å². The van der Waals surface area contributed by atoms with E-state index in [2.05, 4.69) is 4.98 Å². The number of carbonyl (C=O) groups is 1. The number of carboxylic acids is 1. The van der Waals surface area contributed by atoms with Crippen LogP contribution < -0.4 is 0 Å². The average molecular weight is 236 g/mol. The second-order valence-electron chi connectivity index (χ2n) is 4.44. The molecular weight excluding hydrogens is 224 g/mol. The molecule has 2 heterocycles. The molecule has 0 amide bonds. The van der Waals surface area contributed by atoms with Crippen LogP contribution in [0.5, 0.6) is 0 Å². The number of hydrogen-bond donors (Lipinski definition) is 1. The van der Waals surface area contributed by atoms with Crippen LogP contribution in [0.2, 0.25) is 0 Å². The molecule has 0 saturated heterocycles. The quantitative estimate of drug-likeness (QED) is 0.888. The molecule has 5 heteroatoms. The summed E-state index contributed by atoms with van der Waals surface area (Å²) < 4.78 is 1.95. The van der Waals surface area contributed by atoms with Crippen LogP contribution in [0.25, 0.3) is 4.96 Å². The Balaban J connectivity index is 1.89. The van der Waals surface area contributed by atoms with E-state index in [1.165, 1.54) is 0 Å². The molecule has 4 nitrogen and oxygen atoms in total. The summed E-state index contributed by atoms with van der Waals surface area (Å²) in [6.45, 7) is 0. The standard InChI is InChI=1S/C11H12N2O2S/c14-9(15)11(2-1-3-11)6-8-7-13-4-5-16-10(13)12-8/h4-5,7H,1-3,6H2,(H,14,15). The average Bonchev–Trinajstić information content (AvgIpc) is 2.69. The van der Waals surface area contributed by atoms with Gasteiger partial charge < -0.3 is 5.11 Å². The van der Waals surface area contributed by atoms with Crippen molar-refractivity contribution in [3.63, 3.8) is 0 Å². The first-order chi connectivity index (χ1) is 7.70. The predicted molar refractivity (Wildman–Crippen MR) is 60.7 cm³/mol. The van der Waals surface area contributed by atoms with Crippen LogP contribution in [-0.4, -0.2) is 20.5 Å². The van der Waals surface area contributed by atoms with Crippen LogP contribution in [-0.2, 0) is 11.2 Å². The summed E-state index contributed by atoms with van der Waals surface area (Å²) in [5.74, 6) is -0.671. The number of hydrogen-bond acceptors (Lipinski definition) is 3. The summed E-state index contributed by atoms with van der Waals surface area (Å²) in [7, 11) is 0. The van der Waals surface area contributed by atoms with Gasteiger partial charge in [-0.1, -0.05) is 6.42 Å². The Bertz CT molecular complexity index is 510. The highest BCUT2D eigenvalue weighted by Gasteiger charge is 2.44. The minimum absolute atomic E-state index is 0.538. The molecule has 0 unspecified atom stereocenters. The van der Waals surface area contributed by atoms with Gasteiger partial charge in [-0.05, 0) is 12.8 Å². The minimum atomic E-state index is -0.671. The monoisotopic (exact) mass is 236 g/mol. The van der Waals surface area contributed by atoms with Crippen molar-refractivity contribution in [3.8, 4) is 0 Å². The van der Waals surface area contributed by atoms with Crippen LogP contribution in [0.4, 0.5) is 0 Å². The largest absolute Gasteiger partial charge is 0.481 e. The lowest BCUT2D eigenvalue weighted by Crippen LogP contribution is -2.39. The van der Waals surface area contributed by atoms with Gasteiger partial charge in [-0.2, -0.15) is 0 Å². The number of imidazole rings is 1. The zero-order valence-corrected chi connectivity index (χ0v) is 9.54. The molecule has 0 aliphatic heterocycles. The molecule has 0 radical (unpaired) electrons. The van der Waals surface area contributed by atoms with Crippen LogP contribution in [0, 0.1) is 5.41 Å². The molecule has 1 fully saturated rings. The van der Waals surface area contributed by atoms with Gasteiger partial charge in [-0.15, -0.1) is 11.3 Å². The number of rotatable bonds is 3. The molecule has 16 heavy (non-hydrogen) atoms. The van der Waals surface area contributed by atoms with Crippen LogP contribution in [0.15, 0.2) is 17.8 Å². The number of aliphatic carboxylic acids is 1. The Morgan fingerprint density at radius 2 is 2.44 bits per heavy atom. The van der Waals surface area contributed by atoms with Crippen molar-refractivity contribution in [3.05, 3.63) is 23.5 Å². The fourth-order valence-electron chi connectivity index (χ4n) is 2.28. The van der Waals surface area contributed by atoms with E-state index in [1.54, 1.807) is 11.3 Å².